The van der Waals surface area contributed by atoms with Crippen LogP contribution in [0.2, 0.25) is 0 Å². The number of hydrogen-bond acceptors (Lipinski definition) is 1. The highest BCUT2D eigenvalue weighted by Crippen LogP contribution is 2.08. The van der Waals surface area contributed by atoms with E-state index in [-0.39, 0.29) is 0 Å². The van der Waals surface area contributed by atoms with E-state index in [1.54, 1.807) is 11.8 Å². The van der Waals surface area contributed by atoms with Gasteiger partial charge in [-0.15, -0.1) is 6.58 Å². The summed E-state index contributed by atoms with van der Waals surface area (Å²) >= 11 is 7.18. The van der Waals surface area contributed by atoms with Crippen LogP contribution in [0.5, 0.6) is 0 Å². The molecule has 46 valence electrons. The molecule has 0 aliphatic rings. The molecule has 0 aromatic heterocycles. The molecule has 0 unspecified atom stereocenters. The van der Waals surface area contributed by atoms with Crippen molar-refractivity contribution in [3.8, 4) is 0 Å². The van der Waals surface area contributed by atoms with Crippen molar-refractivity contribution >= 4 is 23.4 Å². The number of rotatable bonds is 4. The number of thioether (sulfide) groups is 1. The maximum atomic E-state index is 5.46. The van der Waals surface area contributed by atoms with Crippen molar-refractivity contribution in [2.24, 2.45) is 0 Å². The van der Waals surface area contributed by atoms with Crippen LogP contribution in [0.15, 0.2) is 24.3 Å². The highest BCUT2D eigenvalue weighted by Gasteiger charge is 1.84. The average molecular weight is 149 g/mol. The molecule has 0 radical (unpaired) electrons. The third kappa shape index (κ3) is 6.12. The molecule has 0 aliphatic heterocycles. The summed E-state index contributed by atoms with van der Waals surface area (Å²) in [7, 11) is 0. The Kier molecular flexibility index (Phi) is 5.34. The predicted octanol–water partition coefficient (Wildman–Crippen LogP) is 2.66. The van der Waals surface area contributed by atoms with Crippen LogP contribution in [0.4, 0.5) is 0 Å². The first kappa shape index (κ1) is 8.12. The van der Waals surface area contributed by atoms with Gasteiger partial charge in [0.1, 0.15) is 0 Å². The van der Waals surface area contributed by atoms with Crippen molar-refractivity contribution in [1.82, 2.24) is 0 Å². The van der Waals surface area contributed by atoms with Crippen LogP contribution in [0.25, 0.3) is 0 Å². The van der Waals surface area contributed by atoms with Gasteiger partial charge in [-0.05, 0) is 0 Å². The Balaban J connectivity index is 2.93. The normalized spacial score (nSPS) is 8.62. The second-order valence-corrected chi connectivity index (χ2v) is 2.89. The Morgan fingerprint density at radius 2 is 2.38 bits per heavy atom. The van der Waals surface area contributed by atoms with Crippen molar-refractivity contribution in [2.45, 2.75) is 0 Å². The van der Waals surface area contributed by atoms with Gasteiger partial charge in [-0.2, -0.15) is 11.8 Å². The third-order valence-corrected chi connectivity index (χ3v) is 1.81. The molecule has 0 heterocycles. The Hall–Kier alpha value is 0.120. The third-order valence-electron chi connectivity index (χ3n) is 0.494. The Morgan fingerprint density at radius 3 is 2.75 bits per heavy atom. The first-order chi connectivity index (χ1) is 3.77. The van der Waals surface area contributed by atoms with Crippen molar-refractivity contribution in [2.75, 3.05) is 11.5 Å². The van der Waals surface area contributed by atoms with Crippen LogP contribution in [0, 0.1) is 0 Å². The lowest BCUT2D eigenvalue weighted by Gasteiger charge is -1.91. The summed E-state index contributed by atoms with van der Waals surface area (Å²) in [5.74, 6) is 1.78. The standard InChI is InChI=1S/C6H9ClS/c1-3-4-8-5-6(2)7/h3H,1-2,4-5H2. The first-order valence-electron chi connectivity index (χ1n) is 2.29. The van der Waals surface area contributed by atoms with Gasteiger partial charge in [0.2, 0.25) is 0 Å². The number of halogens is 1. The van der Waals surface area contributed by atoms with Crippen LogP contribution in [0.1, 0.15) is 0 Å². The van der Waals surface area contributed by atoms with Crippen LogP contribution in [-0.4, -0.2) is 11.5 Å². The van der Waals surface area contributed by atoms with Gasteiger partial charge in [0.05, 0.1) is 0 Å². The van der Waals surface area contributed by atoms with E-state index in [0.717, 1.165) is 11.5 Å². The van der Waals surface area contributed by atoms with Gasteiger partial charge >= 0.3 is 0 Å². The van der Waals surface area contributed by atoms with Crippen molar-refractivity contribution in [1.29, 1.82) is 0 Å². The zero-order chi connectivity index (χ0) is 6.41. The molecule has 0 amide bonds. The van der Waals surface area contributed by atoms with E-state index >= 15 is 0 Å². The molecule has 0 nitrogen and oxygen atoms in total. The lowest BCUT2D eigenvalue weighted by molar-refractivity contribution is 1.70. The molecule has 0 fully saturated rings. The maximum Gasteiger partial charge on any atom is 0.0289 e. The molecule has 0 saturated carbocycles. The van der Waals surface area contributed by atoms with E-state index in [9.17, 15) is 0 Å². The van der Waals surface area contributed by atoms with E-state index in [1.807, 2.05) is 6.08 Å². The molecule has 0 saturated heterocycles. The summed E-state index contributed by atoms with van der Waals surface area (Å²) in [6.45, 7) is 7.10. The minimum Gasteiger partial charge on any atom is -0.152 e. The molecular weight excluding hydrogens is 140 g/mol. The fraction of sp³-hybridized carbons (Fsp3) is 0.333. The van der Waals surface area contributed by atoms with Crippen LogP contribution in [0.3, 0.4) is 0 Å². The molecule has 8 heavy (non-hydrogen) atoms. The van der Waals surface area contributed by atoms with Crippen LogP contribution >= 0.6 is 23.4 Å². The Labute approximate surface area is 59.6 Å². The fourth-order valence-corrected chi connectivity index (χ4v) is 0.990. The number of hydrogen-bond donors (Lipinski definition) is 0. The summed E-state index contributed by atoms with van der Waals surface area (Å²) in [4.78, 5) is 0. The van der Waals surface area contributed by atoms with Crippen molar-refractivity contribution < 1.29 is 0 Å². The molecule has 0 atom stereocenters. The Morgan fingerprint density at radius 1 is 1.75 bits per heavy atom. The van der Waals surface area contributed by atoms with Crippen LogP contribution < -0.4 is 0 Å². The summed E-state index contributed by atoms with van der Waals surface area (Å²) in [6.07, 6.45) is 1.85. The zero-order valence-corrected chi connectivity index (χ0v) is 6.26. The van der Waals surface area contributed by atoms with Crippen molar-refractivity contribution in [3.05, 3.63) is 24.3 Å². The summed E-state index contributed by atoms with van der Waals surface area (Å²) in [5, 5.41) is 0.705. The molecule has 0 spiro atoms. The first-order valence-corrected chi connectivity index (χ1v) is 3.82. The van der Waals surface area contributed by atoms with Gasteiger partial charge in [-0.1, -0.05) is 24.3 Å². The maximum absolute atomic E-state index is 5.46. The molecule has 0 aliphatic carbocycles. The molecule has 0 rings (SSSR count). The molecule has 0 bridgehead atoms. The van der Waals surface area contributed by atoms with Gasteiger partial charge in [0.25, 0.3) is 0 Å². The minimum absolute atomic E-state index is 0.705. The summed E-state index contributed by atoms with van der Waals surface area (Å²) in [6, 6.07) is 0. The minimum atomic E-state index is 0.705. The second kappa shape index (κ2) is 5.26. The highest BCUT2D eigenvalue weighted by molar-refractivity contribution is 7.99. The molecule has 0 aromatic rings. The molecular formula is C6H9ClS. The lowest BCUT2D eigenvalue weighted by Crippen LogP contribution is -1.75. The summed E-state index contributed by atoms with van der Waals surface area (Å²) < 4.78 is 0. The SMILES string of the molecule is C=CCSCC(=C)Cl. The smallest absolute Gasteiger partial charge is 0.0289 e. The van der Waals surface area contributed by atoms with E-state index < -0.39 is 0 Å². The predicted molar refractivity (Wildman–Crippen MR) is 42.5 cm³/mol. The van der Waals surface area contributed by atoms with E-state index in [4.69, 9.17) is 11.6 Å². The van der Waals surface area contributed by atoms with Crippen LogP contribution in [-0.2, 0) is 0 Å². The van der Waals surface area contributed by atoms with Gasteiger partial charge in [-0.25, -0.2) is 0 Å². The average Bonchev–Trinajstić information content (AvgIpc) is 1.66. The molecule has 0 N–H and O–H groups in total. The van der Waals surface area contributed by atoms with Gasteiger partial charge < -0.3 is 0 Å². The molecule has 0 aromatic carbocycles. The largest absolute Gasteiger partial charge is 0.152 e. The van der Waals surface area contributed by atoms with E-state index in [0.29, 0.717) is 5.03 Å². The quantitative estimate of drug-likeness (QED) is 0.437. The molecule has 2 heteroatoms. The zero-order valence-electron chi connectivity index (χ0n) is 4.69. The van der Waals surface area contributed by atoms with E-state index in [2.05, 4.69) is 13.2 Å². The van der Waals surface area contributed by atoms with Gasteiger partial charge in [0.15, 0.2) is 0 Å². The Bertz CT molecular complexity index is 88.5. The second-order valence-electron chi connectivity index (χ2n) is 1.32. The highest BCUT2D eigenvalue weighted by atomic mass is 35.5. The fourth-order valence-electron chi connectivity index (χ4n) is 0.253. The van der Waals surface area contributed by atoms with Crippen molar-refractivity contribution in [3.63, 3.8) is 0 Å². The van der Waals surface area contributed by atoms with Gasteiger partial charge in [0, 0.05) is 16.5 Å². The van der Waals surface area contributed by atoms with E-state index in [1.165, 1.54) is 0 Å². The summed E-state index contributed by atoms with van der Waals surface area (Å²) in [5.41, 5.74) is 0. The topological polar surface area (TPSA) is 0 Å². The lowest BCUT2D eigenvalue weighted by atomic mass is 10.7. The van der Waals surface area contributed by atoms with Gasteiger partial charge in [-0.3, -0.25) is 0 Å². The monoisotopic (exact) mass is 148 g/mol.